The molecule has 0 radical (unpaired) electrons. The Morgan fingerprint density at radius 3 is 2.30 bits per heavy atom. The van der Waals surface area contributed by atoms with Crippen LogP contribution in [0.15, 0.2) is 29.2 Å². The molecule has 0 bridgehead atoms. The van der Waals surface area contributed by atoms with E-state index in [4.69, 9.17) is 5.73 Å². The molecule has 0 aliphatic rings. The molecule has 0 aliphatic carbocycles. The van der Waals surface area contributed by atoms with Gasteiger partial charge in [-0.15, -0.1) is 0 Å². The highest BCUT2D eigenvalue weighted by atomic mass is 32.2. The zero-order valence-electron chi connectivity index (χ0n) is 14.2. The van der Waals surface area contributed by atoms with Crippen molar-refractivity contribution in [2.75, 3.05) is 23.9 Å². The number of rotatable bonds is 9. The van der Waals surface area contributed by atoms with Gasteiger partial charge in [0, 0.05) is 5.69 Å². The lowest BCUT2D eigenvalue weighted by atomic mass is 10.2. The largest absolute Gasteiger partial charge is 0.402 e. The third kappa shape index (κ3) is 8.49. The number of amides is 3. The SMILES string of the molecule is CSCC[C@H](NC(N)=O)C(=O)Nc1ccc(S(=O)(=O)NCC(F)(F)F)cc1. The lowest BCUT2D eigenvalue weighted by Gasteiger charge is -2.17. The van der Waals surface area contributed by atoms with Gasteiger partial charge in [0.05, 0.1) is 4.90 Å². The van der Waals surface area contributed by atoms with Gasteiger partial charge in [-0.25, -0.2) is 17.9 Å². The summed E-state index contributed by atoms with van der Waals surface area (Å²) in [5, 5.41) is 4.78. The van der Waals surface area contributed by atoms with Gasteiger partial charge in [0.2, 0.25) is 15.9 Å². The first-order valence-electron chi connectivity index (χ1n) is 7.47. The third-order valence-electron chi connectivity index (χ3n) is 3.14. The zero-order chi connectivity index (χ0) is 20.7. The Hall–Kier alpha value is -1.99. The maximum absolute atomic E-state index is 12.2. The van der Waals surface area contributed by atoms with E-state index in [2.05, 4.69) is 10.6 Å². The van der Waals surface area contributed by atoms with E-state index in [1.165, 1.54) is 28.6 Å². The van der Waals surface area contributed by atoms with Crippen LogP contribution < -0.4 is 21.1 Å². The Morgan fingerprint density at radius 1 is 1.22 bits per heavy atom. The normalized spacial score (nSPS) is 13.0. The number of carbonyl (C=O) groups is 2. The Kier molecular flexibility index (Phi) is 8.37. The average molecular weight is 428 g/mol. The summed E-state index contributed by atoms with van der Waals surface area (Å²) < 4.78 is 61.5. The van der Waals surface area contributed by atoms with Gasteiger partial charge in [-0.1, -0.05) is 0 Å². The number of primary amides is 1. The van der Waals surface area contributed by atoms with Crippen LogP contribution in [0.4, 0.5) is 23.7 Å². The molecule has 0 unspecified atom stereocenters. The molecule has 3 amide bonds. The van der Waals surface area contributed by atoms with Crippen molar-refractivity contribution in [3.8, 4) is 0 Å². The fourth-order valence-electron chi connectivity index (χ4n) is 1.88. The number of nitrogens with two attached hydrogens (primary N) is 1. The predicted molar refractivity (Wildman–Crippen MR) is 95.8 cm³/mol. The van der Waals surface area contributed by atoms with Crippen LogP contribution in [0.25, 0.3) is 0 Å². The minimum absolute atomic E-state index is 0.204. The van der Waals surface area contributed by atoms with Crippen molar-refractivity contribution in [1.29, 1.82) is 0 Å². The number of nitrogens with one attached hydrogen (secondary N) is 3. The van der Waals surface area contributed by atoms with E-state index in [0.717, 1.165) is 12.1 Å². The molecule has 0 spiro atoms. The summed E-state index contributed by atoms with van der Waals surface area (Å²) >= 11 is 1.47. The first kappa shape index (κ1) is 23.0. The number of alkyl halides is 3. The molecule has 1 aromatic rings. The second-order valence-corrected chi connectivity index (χ2v) is 8.05. The van der Waals surface area contributed by atoms with E-state index < -0.39 is 40.7 Å². The summed E-state index contributed by atoms with van der Waals surface area (Å²) in [6.07, 6.45) is -2.53. The number of benzene rings is 1. The quantitative estimate of drug-likeness (QED) is 0.470. The number of urea groups is 1. The smallest absolute Gasteiger partial charge is 0.352 e. The number of hydrogen-bond donors (Lipinski definition) is 4. The standard InChI is InChI=1S/C14H19F3N4O4S2/c1-26-7-6-11(21-13(18)23)12(22)20-9-2-4-10(5-3-9)27(24,25)19-8-14(15,16)17/h2-5,11,19H,6-8H2,1H3,(H,20,22)(H3,18,21,23)/t11-/m0/s1. The maximum Gasteiger partial charge on any atom is 0.402 e. The van der Waals surface area contributed by atoms with Gasteiger partial charge in [-0.2, -0.15) is 24.9 Å². The molecule has 0 saturated carbocycles. The van der Waals surface area contributed by atoms with E-state index in [0.29, 0.717) is 12.2 Å². The molecule has 0 heterocycles. The van der Waals surface area contributed by atoms with Gasteiger partial charge < -0.3 is 16.4 Å². The van der Waals surface area contributed by atoms with Crippen LogP contribution >= 0.6 is 11.8 Å². The van der Waals surface area contributed by atoms with Crippen molar-refractivity contribution in [2.24, 2.45) is 5.73 Å². The van der Waals surface area contributed by atoms with Gasteiger partial charge in [-0.3, -0.25) is 4.79 Å². The van der Waals surface area contributed by atoms with Crippen LogP contribution in [0.2, 0.25) is 0 Å². The zero-order valence-corrected chi connectivity index (χ0v) is 15.8. The first-order valence-corrected chi connectivity index (χ1v) is 10.3. The van der Waals surface area contributed by atoms with Crippen molar-refractivity contribution in [3.63, 3.8) is 0 Å². The van der Waals surface area contributed by atoms with Crippen molar-refractivity contribution < 1.29 is 31.2 Å². The van der Waals surface area contributed by atoms with Gasteiger partial charge in [0.25, 0.3) is 0 Å². The van der Waals surface area contributed by atoms with Crippen molar-refractivity contribution in [2.45, 2.75) is 23.5 Å². The van der Waals surface area contributed by atoms with Gasteiger partial charge in [0.1, 0.15) is 12.6 Å². The molecule has 5 N–H and O–H groups in total. The van der Waals surface area contributed by atoms with Crippen LogP contribution in [0.3, 0.4) is 0 Å². The Bertz CT molecular complexity index is 755. The highest BCUT2D eigenvalue weighted by Crippen LogP contribution is 2.17. The van der Waals surface area contributed by atoms with E-state index >= 15 is 0 Å². The van der Waals surface area contributed by atoms with Gasteiger partial charge >= 0.3 is 12.2 Å². The average Bonchev–Trinajstić information content (AvgIpc) is 2.56. The summed E-state index contributed by atoms with van der Waals surface area (Å²) in [5.41, 5.74) is 5.24. The minimum atomic E-state index is -4.68. The molecule has 13 heteroatoms. The second kappa shape index (κ2) is 9.80. The summed E-state index contributed by atoms with van der Waals surface area (Å²) in [5.74, 6) is 0.0223. The van der Waals surface area contributed by atoms with Crippen LogP contribution in [-0.2, 0) is 14.8 Å². The molecule has 1 rings (SSSR count). The second-order valence-electron chi connectivity index (χ2n) is 5.30. The van der Waals surface area contributed by atoms with Crippen LogP contribution in [0.5, 0.6) is 0 Å². The molecule has 8 nitrogen and oxygen atoms in total. The molecule has 0 aromatic heterocycles. The maximum atomic E-state index is 12.2. The molecule has 0 fully saturated rings. The van der Waals surface area contributed by atoms with Crippen molar-refractivity contribution in [1.82, 2.24) is 10.0 Å². The molecule has 0 aliphatic heterocycles. The minimum Gasteiger partial charge on any atom is -0.352 e. The summed E-state index contributed by atoms with van der Waals surface area (Å²) in [6.45, 7) is -1.69. The van der Waals surface area contributed by atoms with E-state index in [9.17, 15) is 31.2 Å². The fraction of sp³-hybridized carbons (Fsp3) is 0.429. The highest BCUT2D eigenvalue weighted by molar-refractivity contribution is 7.98. The lowest BCUT2D eigenvalue weighted by Crippen LogP contribution is -2.46. The predicted octanol–water partition coefficient (Wildman–Crippen LogP) is 1.26. The summed E-state index contributed by atoms with van der Waals surface area (Å²) in [6, 6.07) is 2.78. The Balaban J connectivity index is 2.80. The number of hydrogen-bond acceptors (Lipinski definition) is 5. The van der Waals surface area contributed by atoms with Gasteiger partial charge in [-0.05, 0) is 42.7 Å². The molecule has 152 valence electrons. The number of carbonyl (C=O) groups excluding carboxylic acids is 2. The molecule has 1 atom stereocenters. The molecular weight excluding hydrogens is 409 g/mol. The third-order valence-corrected chi connectivity index (χ3v) is 5.20. The number of sulfonamides is 1. The van der Waals surface area contributed by atoms with Crippen LogP contribution in [0.1, 0.15) is 6.42 Å². The lowest BCUT2D eigenvalue weighted by molar-refractivity contribution is -0.121. The van der Waals surface area contributed by atoms with Crippen molar-refractivity contribution in [3.05, 3.63) is 24.3 Å². The highest BCUT2D eigenvalue weighted by Gasteiger charge is 2.30. The van der Waals surface area contributed by atoms with Crippen molar-refractivity contribution >= 4 is 39.4 Å². The monoisotopic (exact) mass is 428 g/mol. The molecular formula is C14H19F3N4O4S2. The fourth-order valence-corrected chi connectivity index (χ4v) is 3.37. The number of thioether (sulfide) groups is 1. The summed E-state index contributed by atoms with van der Waals surface area (Å²) in [7, 11) is -4.34. The van der Waals surface area contributed by atoms with E-state index in [1.54, 1.807) is 0 Å². The van der Waals surface area contributed by atoms with Crippen LogP contribution in [0, 0.1) is 0 Å². The Labute approximate surface area is 158 Å². The molecule has 1 aromatic carbocycles. The molecule has 27 heavy (non-hydrogen) atoms. The summed E-state index contributed by atoms with van der Waals surface area (Å²) in [4.78, 5) is 22.8. The Morgan fingerprint density at radius 2 is 1.81 bits per heavy atom. The number of anilines is 1. The molecule has 0 saturated heterocycles. The van der Waals surface area contributed by atoms with E-state index in [-0.39, 0.29) is 10.6 Å². The van der Waals surface area contributed by atoms with E-state index in [1.807, 2.05) is 6.26 Å². The first-order chi connectivity index (χ1) is 12.4. The van der Waals surface area contributed by atoms with Crippen LogP contribution in [-0.4, -0.2) is 51.1 Å². The van der Waals surface area contributed by atoms with Gasteiger partial charge in [0.15, 0.2) is 0 Å². The number of halogens is 3. The topological polar surface area (TPSA) is 130 Å².